The van der Waals surface area contributed by atoms with Crippen LogP contribution in [0.4, 0.5) is 0 Å². The molecule has 9 heteroatoms. The summed E-state index contributed by atoms with van der Waals surface area (Å²) in [5.74, 6) is -1.15. The highest BCUT2D eigenvalue weighted by atomic mass is 79.9. The Balaban J connectivity index is 2.00. The lowest BCUT2D eigenvalue weighted by Gasteiger charge is -2.55. The molecular weight excluding hydrogens is 460 g/mol. The second-order valence-electron chi connectivity index (χ2n) is 7.39. The molecule has 2 aliphatic heterocycles. The van der Waals surface area contributed by atoms with E-state index in [9.17, 15) is 19.5 Å². The molecule has 152 valence electrons. The van der Waals surface area contributed by atoms with E-state index in [4.69, 9.17) is 10.00 Å². The molecule has 0 saturated carbocycles. The maximum absolute atomic E-state index is 13.2. The van der Waals surface area contributed by atoms with Crippen LogP contribution in [0.3, 0.4) is 0 Å². The minimum Gasteiger partial charge on any atom is -0.460 e. The Morgan fingerprint density at radius 1 is 1.48 bits per heavy atom. The van der Waals surface area contributed by atoms with E-state index in [1.165, 1.54) is 47.0 Å². The first kappa shape index (κ1) is 21.6. The molecule has 7 nitrogen and oxygen atoms in total. The van der Waals surface area contributed by atoms with Crippen LogP contribution in [0.15, 0.2) is 36.9 Å². The van der Waals surface area contributed by atoms with E-state index < -0.39 is 38.0 Å². The number of esters is 1. The zero-order valence-corrected chi connectivity index (χ0v) is 18.2. The van der Waals surface area contributed by atoms with Crippen molar-refractivity contribution in [3.63, 3.8) is 0 Å². The van der Waals surface area contributed by atoms with Crippen LogP contribution in [0.2, 0.25) is 0 Å². The highest BCUT2D eigenvalue weighted by molar-refractivity contribution is 9.10. The molecule has 0 aliphatic carbocycles. The highest BCUT2D eigenvalue weighted by Crippen LogP contribution is 2.62. The smallest absolute Gasteiger partial charge is 0.330 e. The van der Waals surface area contributed by atoms with Gasteiger partial charge in [0.15, 0.2) is 16.2 Å². The molecule has 1 amide bonds. The van der Waals surface area contributed by atoms with Gasteiger partial charge in [-0.05, 0) is 31.5 Å². The largest absolute Gasteiger partial charge is 0.460 e. The number of amides is 1. The number of thioether (sulfide) groups is 1. The minimum atomic E-state index is -2.19. The standard InChI is InChI=1S/C20H19BrN2O5S/c1-4-9-28-15(25)14-18(2,3)29-17-20(21,16(26)23(14)17)19(27,11-24)13-7-5-12(10-22)6-8-13/h4-8,11,14,17,27H,1,9H2,2-3H3/t14-,17+,19?,20-/m0/s1. The van der Waals surface area contributed by atoms with Crippen LogP contribution in [0.1, 0.15) is 25.0 Å². The molecule has 0 bridgehead atoms. The number of β-lactam (4-membered cyclic amide) rings is 1. The normalized spacial score (nSPS) is 29.1. The number of nitrogens with zero attached hydrogens (tertiary/aromatic N) is 2. The number of ether oxygens (including phenoxy) is 1. The second kappa shape index (κ2) is 7.27. The van der Waals surface area contributed by atoms with Crippen molar-refractivity contribution in [2.75, 3.05) is 6.61 Å². The molecule has 1 unspecified atom stereocenters. The third-order valence-corrected chi connectivity index (χ3v) is 8.55. The Morgan fingerprint density at radius 2 is 2.10 bits per heavy atom. The van der Waals surface area contributed by atoms with Gasteiger partial charge in [-0.1, -0.05) is 40.7 Å². The molecule has 0 aromatic heterocycles. The number of carbonyl (C=O) groups is 3. The number of nitriles is 1. The zero-order chi connectivity index (χ0) is 21.6. The van der Waals surface area contributed by atoms with Crippen LogP contribution < -0.4 is 0 Å². The number of aliphatic hydroxyl groups is 1. The van der Waals surface area contributed by atoms with Gasteiger partial charge in [0.05, 0.1) is 11.6 Å². The molecule has 2 aliphatic rings. The Morgan fingerprint density at radius 3 is 2.62 bits per heavy atom. The van der Waals surface area contributed by atoms with Gasteiger partial charge >= 0.3 is 5.97 Å². The molecule has 0 spiro atoms. The summed E-state index contributed by atoms with van der Waals surface area (Å²) in [5, 5.41) is 19.6. The maximum atomic E-state index is 13.2. The number of fused-ring (bicyclic) bond motifs is 1. The van der Waals surface area contributed by atoms with Crippen molar-refractivity contribution in [3.8, 4) is 6.07 Å². The summed E-state index contributed by atoms with van der Waals surface area (Å²) in [6.45, 7) is 7.14. The van der Waals surface area contributed by atoms with E-state index in [0.717, 1.165) is 0 Å². The van der Waals surface area contributed by atoms with Crippen LogP contribution >= 0.6 is 27.7 Å². The number of rotatable bonds is 6. The molecule has 1 N–H and O–H groups in total. The van der Waals surface area contributed by atoms with Crippen LogP contribution in [-0.2, 0) is 24.7 Å². The zero-order valence-electron chi connectivity index (χ0n) is 15.8. The first-order valence-corrected chi connectivity index (χ1v) is 10.4. The van der Waals surface area contributed by atoms with Crippen LogP contribution in [-0.4, -0.2) is 55.3 Å². The van der Waals surface area contributed by atoms with Crippen molar-refractivity contribution < 1.29 is 24.2 Å². The Labute approximate surface area is 180 Å². The summed E-state index contributed by atoms with van der Waals surface area (Å²) in [6, 6.07) is 6.89. The third-order valence-electron chi connectivity index (χ3n) is 5.24. The number of benzene rings is 1. The fraction of sp³-hybridized carbons (Fsp3) is 0.400. The lowest BCUT2D eigenvalue weighted by atomic mass is 9.75. The van der Waals surface area contributed by atoms with Crippen molar-refractivity contribution in [1.29, 1.82) is 5.26 Å². The monoisotopic (exact) mass is 478 g/mol. The quantitative estimate of drug-likeness (QED) is 0.218. The summed E-state index contributed by atoms with van der Waals surface area (Å²) < 4.78 is 2.79. The van der Waals surface area contributed by atoms with E-state index in [-0.39, 0.29) is 12.2 Å². The van der Waals surface area contributed by atoms with Gasteiger partial charge in [0.25, 0.3) is 0 Å². The summed E-state index contributed by atoms with van der Waals surface area (Å²) in [5.41, 5.74) is -1.66. The Kier molecular flexibility index (Phi) is 5.41. The number of aldehydes is 1. The fourth-order valence-corrected chi connectivity index (χ4v) is 6.45. The number of alkyl halides is 1. The van der Waals surface area contributed by atoms with Crippen LogP contribution in [0.5, 0.6) is 0 Å². The van der Waals surface area contributed by atoms with Crippen molar-refractivity contribution >= 4 is 45.9 Å². The summed E-state index contributed by atoms with van der Waals surface area (Å²) >= 11 is 4.65. The number of halogens is 1. The van der Waals surface area contributed by atoms with Crippen LogP contribution in [0, 0.1) is 11.3 Å². The first-order chi connectivity index (χ1) is 13.6. The molecule has 1 aromatic carbocycles. The first-order valence-electron chi connectivity index (χ1n) is 8.75. The van der Waals surface area contributed by atoms with E-state index in [1.54, 1.807) is 13.8 Å². The Hall–Kier alpha value is -2.15. The fourth-order valence-electron chi connectivity index (χ4n) is 3.73. The molecule has 1 aromatic rings. The van der Waals surface area contributed by atoms with E-state index in [2.05, 4.69) is 22.5 Å². The predicted octanol–water partition coefficient (Wildman–Crippen LogP) is 1.87. The van der Waals surface area contributed by atoms with Crippen molar-refractivity contribution in [2.45, 2.75) is 39.9 Å². The molecule has 2 heterocycles. The Bertz CT molecular complexity index is 928. The van der Waals surface area contributed by atoms with E-state index in [1.807, 2.05) is 6.07 Å². The van der Waals surface area contributed by atoms with Gasteiger partial charge in [0.1, 0.15) is 18.0 Å². The average Bonchev–Trinajstić information content (AvgIpc) is 2.99. The topological polar surface area (TPSA) is 108 Å². The number of hydrogen-bond acceptors (Lipinski definition) is 7. The summed E-state index contributed by atoms with van der Waals surface area (Å²) in [6.07, 6.45) is 1.75. The maximum Gasteiger partial charge on any atom is 0.330 e. The molecule has 0 radical (unpaired) electrons. The molecule has 3 rings (SSSR count). The van der Waals surface area contributed by atoms with Crippen molar-refractivity contribution in [3.05, 3.63) is 48.0 Å². The molecule has 4 atom stereocenters. The molecule has 2 saturated heterocycles. The summed E-state index contributed by atoms with van der Waals surface area (Å²) in [4.78, 5) is 39.2. The predicted molar refractivity (Wildman–Crippen MR) is 110 cm³/mol. The van der Waals surface area contributed by atoms with Crippen molar-refractivity contribution in [1.82, 2.24) is 4.90 Å². The van der Waals surface area contributed by atoms with Gasteiger partial charge in [0, 0.05) is 4.75 Å². The molecule has 29 heavy (non-hydrogen) atoms. The van der Waals surface area contributed by atoms with Gasteiger partial charge < -0.3 is 14.7 Å². The summed E-state index contributed by atoms with van der Waals surface area (Å²) in [7, 11) is 0. The molecule has 2 fully saturated rings. The SMILES string of the molecule is C=CCOC(=O)[C@@H]1N2C(=O)[C@@](Br)(C(O)(C=O)c3ccc(C#N)cc3)[C@H]2SC1(C)C. The van der Waals surface area contributed by atoms with Crippen molar-refractivity contribution in [2.24, 2.45) is 0 Å². The number of carbonyl (C=O) groups excluding carboxylic acids is 3. The average molecular weight is 479 g/mol. The van der Waals surface area contributed by atoms with Gasteiger partial charge in [-0.2, -0.15) is 5.26 Å². The number of hydrogen-bond donors (Lipinski definition) is 1. The van der Waals surface area contributed by atoms with Gasteiger partial charge in [-0.15, -0.1) is 11.8 Å². The van der Waals surface area contributed by atoms with E-state index >= 15 is 0 Å². The van der Waals surface area contributed by atoms with Crippen LogP contribution in [0.25, 0.3) is 0 Å². The third kappa shape index (κ3) is 2.93. The highest BCUT2D eigenvalue weighted by Gasteiger charge is 2.77. The van der Waals surface area contributed by atoms with Gasteiger partial charge in [-0.3, -0.25) is 9.59 Å². The lowest BCUT2D eigenvalue weighted by Crippen LogP contribution is -2.77. The molecular formula is C20H19BrN2O5S. The minimum absolute atomic E-state index is 0.0196. The van der Waals surface area contributed by atoms with Gasteiger partial charge in [0.2, 0.25) is 5.91 Å². The van der Waals surface area contributed by atoms with E-state index in [0.29, 0.717) is 11.8 Å². The van der Waals surface area contributed by atoms with Gasteiger partial charge in [-0.25, -0.2) is 4.79 Å². The lowest BCUT2D eigenvalue weighted by molar-refractivity contribution is -0.174. The second-order valence-corrected chi connectivity index (χ2v) is 10.4.